The van der Waals surface area contributed by atoms with Gasteiger partial charge >= 0.3 is 0 Å². The van der Waals surface area contributed by atoms with E-state index in [4.69, 9.17) is 0 Å². The number of halogens is 1. The predicted molar refractivity (Wildman–Crippen MR) is 67.6 cm³/mol. The summed E-state index contributed by atoms with van der Waals surface area (Å²) in [6, 6.07) is 4.33. The molecule has 1 aromatic rings. The minimum Gasteiger partial charge on any atom is -0.153 e. The molecular weight excluding hydrogens is 264 g/mol. The van der Waals surface area contributed by atoms with Gasteiger partial charge in [0.05, 0.1) is 3.79 Å². The summed E-state index contributed by atoms with van der Waals surface area (Å²) in [7, 11) is 0. The molecule has 0 saturated carbocycles. The largest absolute Gasteiger partial charge is 0.153 e. The highest BCUT2D eigenvalue weighted by Gasteiger charge is 2.08. The normalized spacial score (nSPS) is 13.6. The molecule has 0 saturated heterocycles. The van der Waals surface area contributed by atoms with E-state index in [9.17, 15) is 0 Å². The van der Waals surface area contributed by atoms with Crippen LogP contribution in [0.25, 0.3) is 0 Å². The Hall–Kier alpha value is 0.530. The molecule has 0 bridgehead atoms. The van der Waals surface area contributed by atoms with Gasteiger partial charge in [-0.05, 0) is 34.0 Å². The summed E-state index contributed by atoms with van der Waals surface area (Å²) in [5, 5.41) is 0.751. The van der Waals surface area contributed by atoms with E-state index in [-0.39, 0.29) is 0 Å². The standard InChI is InChI=1S/C10H15BrS2/c1-7(2)8(3)12-6-9-4-5-10(11)13-9/h4-5,7-8H,6H2,1-3H3. The lowest BCUT2D eigenvalue weighted by Crippen LogP contribution is -2.05. The Kier molecular flexibility index (Phi) is 4.84. The molecule has 0 aromatic carbocycles. The van der Waals surface area contributed by atoms with Crippen LogP contribution >= 0.6 is 39.0 Å². The third kappa shape index (κ3) is 4.05. The Bertz CT molecular complexity index is 255. The smallest absolute Gasteiger partial charge is 0.0701 e. The Morgan fingerprint density at radius 1 is 1.38 bits per heavy atom. The summed E-state index contributed by atoms with van der Waals surface area (Å²) < 4.78 is 1.24. The van der Waals surface area contributed by atoms with Gasteiger partial charge in [-0.1, -0.05) is 20.8 Å². The van der Waals surface area contributed by atoms with Crippen molar-refractivity contribution >= 4 is 39.0 Å². The number of hydrogen-bond acceptors (Lipinski definition) is 2. The molecule has 1 heterocycles. The highest BCUT2D eigenvalue weighted by molar-refractivity contribution is 9.11. The number of rotatable bonds is 4. The van der Waals surface area contributed by atoms with Crippen molar-refractivity contribution in [2.75, 3.05) is 0 Å². The van der Waals surface area contributed by atoms with Gasteiger partial charge in [0.15, 0.2) is 0 Å². The molecule has 13 heavy (non-hydrogen) atoms. The number of hydrogen-bond donors (Lipinski definition) is 0. The molecule has 74 valence electrons. The summed E-state index contributed by atoms with van der Waals surface area (Å²) in [5.41, 5.74) is 0. The van der Waals surface area contributed by atoms with Gasteiger partial charge in [-0.25, -0.2) is 0 Å². The summed E-state index contributed by atoms with van der Waals surface area (Å²) in [5.74, 6) is 1.92. The maximum absolute atomic E-state index is 3.48. The van der Waals surface area contributed by atoms with Crippen LogP contribution in [0.15, 0.2) is 15.9 Å². The second-order valence-electron chi connectivity index (χ2n) is 3.47. The molecule has 0 fully saturated rings. The second kappa shape index (κ2) is 5.42. The molecule has 0 amide bonds. The fourth-order valence-corrected chi connectivity index (χ4v) is 3.46. The summed E-state index contributed by atoms with van der Waals surface area (Å²) in [6.45, 7) is 6.86. The molecule has 0 aliphatic rings. The molecule has 0 aliphatic heterocycles. The lowest BCUT2D eigenvalue weighted by Gasteiger charge is -2.13. The van der Waals surface area contributed by atoms with Crippen LogP contribution < -0.4 is 0 Å². The molecule has 0 aliphatic carbocycles. The molecular formula is C10H15BrS2. The first-order valence-electron chi connectivity index (χ1n) is 4.45. The first-order chi connectivity index (χ1) is 6.09. The summed E-state index contributed by atoms with van der Waals surface area (Å²) in [4.78, 5) is 1.46. The van der Waals surface area contributed by atoms with Crippen LogP contribution in [0, 0.1) is 5.92 Å². The monoisotopic (exact) mass is 278 g/mol. The fourth-order valence-electron chi connectivity index (χ4n) is 0.835. The van der Waals surface area contributed by atoms with Gasteiger partial charge in [-0.15, -0.1) is 11.3 Å². The second-order valence-corrected chi connectivity index (χ2v) is 7.38. The Balaban J connectivity index is 2.35. The van der Waals surface area contributed by atoms with Gasteiger partial charge in [-0.2, -0.15) is 11.8 Å². The lowest BCUT2D eigenvalue weighted by atomic mass is 10.2. The number of thiophene rings is 1. The van der Waals surface area contributed by atoms with E-state index in [0.29, 0.717) is 0 Å². The van der Waals surface area contributed by atoms with Crippen LogP contribution in [0.4, 0.5) is 0 Å². The summed E-state index contributed by atoms with van der Waals surface area (Å²) >= 11 is 7.36. The van der Waals surface area contributed by atoms with Crippen molar-refractivity contribution in [2.45, 2.75) is 31.8 Å². The minimum atomic E-state index is 0.751. The van der Waals surface area contributed by atoms with E-state index >= 15 is 0 Å². The SMILES string of the molecule is CC(C)C(C)SCc1ccc(Br)s1. The molecule has 3 heteroatoms. The molecule has 0 N–H and O–H groups in total. The van der Waals surface area contributed by atoms with Crippen molar-refractivity contribution in [1.29, 1.82) is 0 Å². The minimum absolute atomic E-state index is 0.751. The van der Waals surface area contributed by atoms with E-state index < -0.39 is 0 Å². The van der Waals surface area contributed by atoms with E-state index in [0.717, 1.165) is 16.9 Å². The van der Waals surface area contributed by atoms with Gasteiger partial charge in [0.25, 0.3) is 0 Å². The average Bonchev–Trinajstić information content (AvgIpc) is 2.47. The van der Waals surface area contributed by atoms with Crippen LogP contribution in [0.5, 0.6) is 0 Å². The molecule has 0 spiro atoms. The highest BCUT2D eigenvalue weighted by Crippen LogP contribution is 2.29. The first-order valence-corrected chi connectivity index (χ1v) is 7.11. The van der Waals surface area contributed by atoms with Crippen molar-refractivity contribution in [3.63, 3.8) is 0 Å². The zero-order valence-electron chi connectivity index (χ0n) is 8.21. The molecule has 1 rings (SSSR count). The zero-order valence-corrected chi connectivity index (χ0v) is 11.4. The molecule has 0 radical (unpaired) electrons. The predicted octanol–water partition coefficient (Wildman–Crippen LogP) is 4.79. The van der Waals surface area contributed by atoms with Crippen molar-refractivity contribution in [3.05, 3.63) is 20.8 Å². The van der Waals surface area contributed by atoms with Crippen molar-refractivity contribution in [1.82, 2.24) is 0 Å². The van der Waals surface area contributed by atoms with Gasteiger partial charge in [0.2, 0.25) is 0 Å². The quantitative estimate of drug-likeness (QED) is 0.763. The van der Waals surface area contributed by atoms with Gasteiger partial charge in [-0.3, -0.25) is 0 Å². The van der Waals surface area contributed by atoms with Crippen LogP contribution in [-0.4, -0.2) is 5.25 Å². The van der Waals surface area contributed by atoms with Gasteiger partial charge in [0.1, 0.15) is 0 Å². The van der Waals surface area contributed by atoms with Crippen LogP contribution in [0.1, 0.15) is 25.6 Å². The average molecular weight is 279 g/mol. The molecule has 1 unspecified atom stereocenters. The van der Waals surface area contributed by atoms with Crippen LogP contribution in [0.3, 0.4) is 0 Å². The van der Waals surface area contributed by atoms with Gasteiger partial charge in [0, 0.05) is 15.9 Å². The Morgan fingerprint density at radius 3 is 2.54 bits per heavy atom. The Labute approximate surface area is 97.3 Å². The summed E-state index contributed by atoms with van der Waals surface area (Å²) in [6.07, 6.45) is 0. The molecule has 1 aromatic heterocycles. The maximum atomic E-state index is 3.48. The van der Waals surface area contributed by atoms with E-state index in [1.165, 1.54) is 8.66 Å². The zero-order chi connectivity index (χ0) is 9.84. The van der Waals surface area contributed by atoms with Crippen LogP contribution in [0.2, 0.25) is 0 Å². The van der Waals surface area contributed by atoms with Crippen molar-refractivity contribution in [3.8, 4) is 0 Å². The van der Waals surface area contributed by atoms with Crippen molar-refractivity contribution in [2.24, 2.45) is 5.92 Å². The Morgan fingerprint density at radius 2 is 2.08 bits per heavy atom. The van der Waals surface area contributed by atoms with E-state index in [2.05, 4.69) is 48.8 Å². The van der Waals surface area contributed by atoms with E-state index in [1.807, 2.05) is 23.1 Å². The molecule has 1 atom stereocenters. The van der Waals surface area contributed by atoms with Crippen LogP contribution in [-0.2, 0) is 5.75 Å². The number of thioether (sulfide) groups is 1. The fraction of sp³-hybridized carbons (Fsp3) is 0.600. The first kappa shape index (κ1) is 11.6. The molecule has 0 nitrogen and oxygen atoms in total. The van der Waals surface area contributed by atoms with Gasteiger partial charge < -0.3 is 0 Å². The van der Waals surface area contributed by atoms with E-state index in [1.54, 1.807) is 0 Å². The maximum Gasteiger partial charge on any atom is 0.0701 e. The highest BCUT2D eigenvalue weighted by atomic mass is 79.9. The van der Waals surface area contributed by atoms with Crippen molar-refractivity contribution < 1.29 is 0 Å². The topological polar surface area (TPSA) is 0 Å². The third-order valence-corrected chi connectivity index (χ3v) is 5.41. The lowest BCUT2D eigenvalue weighted by molar-refractivity contribution is 0.642. The third-order valence-electron chi connectivity index (χ3n) is 2.06.